The van der Waals surface area contributed by atoms with Crippen molar-refractivity contribution in [3.63, 3.8) is 0 Å². The number of carbonyl (C=O) groups excluding carboxylic acids is 1. The van der Waals surface area contributed by atoms with Crippen LogP contribution < -0.4 is 10.6 Å². The van der Waals surface area contributed by atoms with Gasteiger partial charge in [-0.25, -0.2) is 4.39 Å². The average Bonchev–Trinajstić information content (AvgIpc) is 2.28. The summed E-state index contributed by atoms with van der Waals surface area (Å²) in [4.78, 5) is 10.7. The van der Waals surface area contributed by atoms with Gasteiger partial charge in [0.05, 0.1) is 0 Å². The molecule has 0 aromatic heterocycles. The van der Waals surface area contributed by atoms with Crippen molar-refractivity contribution in [1.82, 2.24) is 10.6 Å². The molecule has 0 atom stereocenters. The number of hydrogen-bond donors (Lipinski definition) is 2. The maximum Gasteiger partial charge on any atom is 0.216 e. The van der Waals surface area contributed by atoms with Gasteiger partial charge in [0.2, 0.25) is 5.91 Å². The Bertz CT molecular complexity index is 399. The van der Waals surface area contributed by atoms with Gasteiger partial charge in [-0.05, 0) is 36.5 Å². The van der Waals surface area contributed by atoms with Gasteiger partial charge in [0, 0.05) is 26.1 Å². The summed E-state index contributed by atoms with van der Waals surface area (Å²) >= 11 is 0. The Balaban J connectivity index is 1.64. The number of nitrogens with one attached hydrogen (secondary N) is 2. The third kappa shape index (κ3) is 3.53. The first kappa shape index (κ1) is 13.0. The van der Waals surface area contributed by atoms with E-state index in [0.717, 1.165) is 19.4 Å². The SMILES string of the molecule is CC(=O)NCCNC1CC(c2ccc(F)cc2)C1. The van der Waals surface area contributed by atoms with Crippen molar-refractivity contribution in [2.45, 2.75) is 31.7 Å². The van der Waals surface area contributed by atoms with E-state index in [2.05, 4.69) is 10.6 Å². The van der Waals surface area contributed by atoms with Crippen molar-refractivity contribution in [2.75, 3.05) is 13.1 Å². The molecule has 1 aromatic rings. The molecule has 18 heavy (non-hydrogen) atoms. The molecule has 0 aliphatic heterocycles. The lowest BCUT2D eigenvalue weighted by molar-refractivity contribution is -0.118. The van der Waals surface area contributed by atoms with Crippen LogP contribution in [0.25, 0.3) is 0 Å². The fraction of sp³-hybridized carbons (Fsp3) is 0.500. The minimum absolute atomic E-state index is 0.00889. The maximum atomic E-state index is 12.8. The molecular formula is C14H19FN2O. The van der Waals surface area contributed by atoms with Crippen LogP contribution in [0.2, 0.25) is 0 Å². The van der Waals surface area contributed by atoms with E-state index < -0.39 is 0 Å². The number of halogens is 1. The van der Waals surface area contributed by atoms with Crippen LogP contribution in [0.15, 0.2) is 24.3 Å². The van der Waals surface area contributed by atoms with Crippen LogP contribution in [0.3, 0.4) is 0 Å². The Morgan fingerprint density at radius 1 is 1.28 bits per heavy atom. The van der Waals surface area contributed by atoms with Crippen LogP contribution in [-0.2, 0) is 4.79 Å². The summed E-state index contributed by atoms with van der Waals surface area (Å²) in [6, 6.07) is 7.30. The Hall–Kier alpha value is -1.42. The Morgan fingerprint density at radius 3 is 2.56 bits per heavy atom. The Labute approximate surface area is 107 Å². The average molecular weight is 250 g/mol. The first-order valence-corrected chi connectivity index (χ1v) is 6.38. The number of hydrogen-bond acceptors (Lipinski definition) is 2. The Kier molecular flexibility index (Phi) is 4.31. The highest BCUT2D eigenvalue weighted by molar-refractivity contribution is 5.72. The number of rotatable bonds is 5. The number of carbonyl (C=O) groups is 1. The van der Waals surface area contributed by atoms with E-state index >= 15 is 0 Å². The van der Waals surface area contributed by atoms with E-state index in [1.54, 1.807) is 0 Å². The van der Waals surface area contributed by atoms with Crippen molar-refractivity contribution < 1.29 is 9.18 Å². The van der Waals surface area contributed by atoms with Crippen molar-refractivity contribution in [3.05, 3.63) is 35.6 Å². The predicted octanol–water partition coefficient (Wildman–Crippen LogP) is 1.80. The number of amides is 1. The van der Waals surface area contributed by atoms with Gasteiger partial charge >= 0.3 is 0 Å². The molecular weight excluding hydrogens is 231 g/mol. The smallest absolute Gasteiger partial charge is 0.216 e. The van der Waals surface area contributed by atoms with E-state index in [1.807, 2.05) is 12.1 Å². The van der Waals surface area contributed by atoms with Crippen molar-refractivity contribution in [2.24, 2.45) is 0 Å². The monoisotopic (exact) mass is 250 g/mol. The van der Waals surface area contributed by atoms with Gasteiger partial charge in [0.15, 0.2) is 0 Å². The minimum atomic E-state index is -0.178. The summed E-state index contributed by atoms with van der Waals surface area (Å²) in [5.41, 5.74) is 1.22. The molecule has 1 aliphatic rings. The molecule has 2 N–H and O–H groups in total. The zero-order valence-corrected chi connectivity index (χ0v) is 10.6. The molecule has 0 saturated heterocycles. The van der Waals surface area contributed by atoms with E-state index in [-0.39, 0.29) is 11.7 Å². The van der Waals surface area contributed by atoms with Crippen molar-refractivity contribution in [1.29, 1.82) is 0 Å². The van der Waals surface area contributed by atoms with Crippen LogP contribution in [0, 0.1) is 5.82 Å². The second-order valence-corrected chi connectivity index (χ2v) is 4.85. The largest absolute Gasteiger partial charge is 0.355 e. The molecule has 1 aliphatic carbocycles. The lowest BCUT2D eigenvalue weighted by atomic mass is 9.76. The zero-order chi connectivity index (χ0) is 13.0. The summed E-state index contributed by atoms with van der Waals surface area (Å²) < 4.78 is 12.8. The highest BCUT2D eigenvalue weighted by atomic mass is 19.1. The number of benzene rings is 1. The molecule has 1 saturated carbocycles. The molecule has 3 nitrogen and oxygen atoms in total. The predicted molar refractivity (Wildman–Crippen MR) is 68.8 cm³/mol. The first-order chi connectivity index (χ1) is 8.65. The molecule has 0 heterocycles. The highest BCUT2D eigenvalue weighted by Crippen LogP contribution is 2.36. The fourth-order valence-electron chi connectivity index (χ4n) is 2.31. The van der Waals surface area contributed by atoms with Gasteiger partial charge in [-0.2, -0.15) is 0 Å². The molecule has 0 bridgehead atoms. The lowest BCUT2D eigenvalue weighted by Crippen LogP contribution is -2.43. The van der Waals surface area contributed by atoms with E-state index in [4.69, 9.17) is 0 Å². The molecule has 1 aromatic carbocycles. The Morgan fingerprint density at radius 2 is 1.94 bits per heavy atom. The van der Waals surface area contributed by atoms with Crippen molar-refractivity contribution in [3.8, 4) is 0 Å². The normalized spacial score (nSPS) is 22.3. The maximum absolute atomic E-state index is 12.8. The quantitative estimate of drug-likeness (QED) is 0.782. The van der Waals surface area contributed by atoms with E-state index in [1.165, 1.54) is 24.6 Å². The van der Waals surface area contributed by atoms with Gasteiger partial charge in [-0.15, -0.1) is 0 Å². The van der Waals surface area contributed by atoms with Gasteiger partial charge in [-0.3, -0.25) is 4.79 Å². The van der Waals surface area contributed by atoms with Gasteiger partial charge < -0.3 is 10.6 Å². The van der Waals surface area contributed by atoms with Crippen LogP contribution in [0.1, 0.15) is 31.2 Å². The highest BCUT2D eigenvalue weighted by Gasteiger charge is 2.29. The molecule has 0 radical (unpaired) electrons. The third-order valence-electron chi connectivity index (χ3n) is 3.41. The molecule has 0 unspecified atom stereocenters. The molecule has 4 heteroatoms. The third-order valence-corrected chi connectivity index (χ3v) is 3.41. The summed E-state index contributed by atoms with van der Waals surface area (Å²) in [6.45, 7) is 3.00. The van der Waals surface area contributed by atoms with Gasteiger partial charge in [0.25, 0.3) is 0 Å². The van der Waals surface area contributed by atoms with E-state index in [0.29, 0.717) is 18.5 Å². The minimum Gasteiger partial charge on any atom is -0.355 e. The standard InChI is InChI=1S/C14H19FN2O/c1-10(18)16-6-7-17-14-8-12(9-14)11-2-4-13(15)5-3-11/h2-5,12,14,17H,6-9H2,1H3,(H,16,18). The molecule has 98 valence electrons. The molecule has 2 rings (SSSR count). The van der Waals surface area contributed by atoms with Crippen molar-refractivity contribution >= 4 is 5.91 Å². The van der Waals surface area contributed by atoms with Gasteiger partial charge in [0.1, 0.15) is 5.82 Å². The molecule has 0 spiro atoms. The first-order valence-electron chi connectivity index (χ1n) is 6.38. The second-order valence-electron chi connectivity index (χ2n) is 4.85. The summed E-state index contributed by atoms with van der Waals surface area (Å²) in [6.07, 6.45) is 2.18. The second kappa shape index (κ2) is 5.96. The topological polar surface area (TPSA) is 41.1 Å². The fourth-order valence-corrected chi connectivity index (χ4v) is 2.31. The summed E-state index contributed by atoms with van der Waals surface area (Å²) in [7, 11) is 0. The lowest BCUT2D eigenvalue weighted by Gasteiger charge is -2.36. The van der Waals surface area contributed by atoms with Crippen LogP contribution in [-0.4, -0.2) is 25.0 Å². The van der Waals surface area contributed by atoms with Gasteiger partial charge in [-0.1, -0.05) is 12.1 Å². The van der Waals surface area contributed by atoms with E-state index in [9.17, 15) is 9.18 Å². The summed E-state index contributed by atoms with van der Waals surface area (Å²) in [5, 5.41) is 6.15. The van der Waals surface area contributed by atoms with Crippen LogP contribution >= 0.6 is 0 Å². The summed E-state index contributed by atoms with van der Waals surface area (Å²) in [5.74, 6) is 0.376. The molecule has 1 amide bonds. The van der Waals surface area contributed by atoms with Crippen LogP contribution in [0.4, 0.5) is 4.39 Å². The van der Waals surface area contributed by atoms with Crippen LogP contribution in [0.5, 0.6) is 0 Å². The molecule has 1 fully saturated rings. The zero-order valence-electron chi connectivity index (χ0n) is 10.6.